The van der Waals surface area contributed by atoms with E-state index in [0.29, 0.717) is 12.0 Å². The van der Waals surface area contributed by atoms with Gasteiger partial charge in [-0.05, 0) is 31.2 Å². The lowest BCUT2D eigenvalue weighted by molar-refractivity contribution is 0.239. The number of nitrogen functional groups attached to an aromatic ring is 1. The molecular formula is C13H17N5. The molecule has 4 rings (SSSR count). The lowest BCUT2D eigenvalue weighted by Gasteiger charge is -2.37. The molecule has 0 amide bonds. The fourth-order valence-electron chi connectivity index (χ4n) is 3.20. The number of piperidine rings is 1. The summed E-state index contributed by atoms with van der Waals surface area (Å²) in [5.74, 6) is 1.80. The maximum Gasteiger partial charge on any atom is 0.132 e. The SMILES string of the molecule is Nc1ccc2c3n(nc2c1)C1CCNCC1CN3. The molecule has 2 atom stereocenters. The summed E-state index contributed by atoms with van der Waals surface area (Å²) in [6, 6.07) is 6.49. The molecule has 1 aromatic heterocycles. The lowest BCUT2D eigenvalue weighted by Crippen LogP contribution is -2.44. The summed E-state index contributed by atoms with van der Waals surface area (Å²) in [5, 5.41) is 12.9. The highest BCUT2D eigenvalue weighted by molar-refractivity contribution is 5.92. The molecule has 0 spiro atoms. The molecule has 0 bridgehead atoms. The molecule has 2 aliphatic heterocycles. The predicted octanol–water partition coefficient (Wildman–Crippen LogP) is 1.19. The Morgan fingerprint density at radius 1 is 1.33 bits per heavy atom. The minimum Gasteiger partial charge on any atom is -0.399 e. The Balaban J connectivity index is 1.89. The first-order valence-electron chi connectivity index (χ1n) is 6.55. The van der Waals surface area contributed by atoms with Crippen LogP contribution >= 0.6 is 0 Å². The second-order valence-electron chi connectivity index (χ2n) is 5.27. The number of fused-ring (bicyclic) bond motifs is 5. The summed E-state index contributed by atoms with van der Waals surface area (Å²) in [6.07, 6.45) is 1.16. The molecule has 94 valence electrons. The molecule has 5 nitrogen and oxygen atoms in total. The fraction of sp³-hybridized carbons (Fsp3) is 0.462. The van der Waals surface area contributed by atoms with Gasteiger partial charge < -0.3 is 16.4 Å². The van der Waals surface area contributed by atoms with Gasteiger partial charge in [0.2, 0.25) is 0 Å². The van der Waals surface area contributed by atoms with Gasteiger partial charge in [-0.1, -0.05) is 0 Å². The highest BCUT2D eigenvalue weighted by Gasteiger charge is 2.33. The molecule has 4 N–H and O–H groups in total. The second-order valence-corrected chi connectivity index (χ2v) is 5.27. The Kier molecular flexibility index (Phi) is 2.05. The fourth-order valence-corrected chi connectivity index (χ4v) is 3.20. The van der Waals surface area contributed by atoms with Gasteiger partial charge in [0.15, 0.2) is 0 Å². The first kappa shape index (κ1) is 10.2. The quantitative estimate of drug-likeness (QED) is 0.608. The van der Waals surface area contributed by atoms with Crippen molar-refractivity contribution in [2.75, 3.05) is 30.7 Å². The van der Waals surface area contributed by atoms with Crippen molar-refractivity contribution in [2.24, 2.45) is 5.92 Å². The van der Waals surface area contributed by atoms with E-state index < -0.39 is 0 Å². The molecule has 1 aromatic carbocycles. The maximum atomic E-state index is 5.83. The number of rotatable bonds is 0. The molecule has 1 saturated heterocycles. The zero-order chi connectivity index (χ0) is 12.1. The number of nitrogens with one attached hydrogen (secondary N) is 2. The molecule has 5 heteroatoms. The van der Waals surface area contributed by atoms with Crippen LogP contribution in [0.3, 0.4) is 0 Å². The van der Waals surface area contributed by atoms with Gasteiger partial charge in [-0.3, -0.25) is 0 Å². The van der Waals surface area contributed by atoms with Gasteiger partial charge >= 0.3 is 0 Å². The van der Waals surface area contributed by atoms with Crippen LogP contribution in [0, 0.1) is 5.92 Å². The van der Waals surface area contributed by atoms with Crippen molar-refractivity contribution in [2.45, 2.75) is 12.5 Å². The third-order valence-electron chi connectivity index (χ3n) is 4.13. The van der Waals surface area contributed by atoms with Crippen molar-refractivity contribution in [3.8, 4) is 0 Å². The van der Waals surface area contributed by atoms with Gasteiger partial charge in [0, 0.05) is 30.1 Å². The van der Waals surface area contributed by atoms with Gasteiger partial charge in [-0.15, -0.1) is 0 Å². The lowest BCUT2D eigenvalue weighted by atomic mass is 9.92. The summed E-state index contributed by atoms with van der Waals surface area (Å²) < 4.78 is 2.18. The van der Waals surface area contributed by atoms with E-state index in [4.69, 9.17) is 10.8 Å². The van der Waals surface area contributed by atoms with Crippen molar-refractivity contribution < 1.29 is 0 Å². The predicted molar refractivity (Wildman–Crippen MR) is 72.6 cm³/mol. The van der Waals surface area contributed by atoms with Crippen LogP contribution in [0.4, 0.5) is 11.5 Å². The zero-order valence-corrected chi connectivity index (χ0v) is 10.2. The summed E-state index contributed by atoms with van der Waals surface area (Å²) in [4.78, 5) is 0. The molecule has 2 unspecified atom stereocenters. The average Bonchev–Trinajstić information content (AvgIpc) is 2.76. The largest absolute Gasteiger partial charge is 0.399 e. The number of benzene rings is 1. The number of aromatic nitrogens is 2. The van der Waals surface area contributed by atoms with Gasteiger partial charge in [-0.2, -0.15) is 5.10 Å². The van der Waals surface area contributed by atoms with E-state index in [1.165, 1.54) is 5.39 Å². The van der Waals surface area contributed by atoms with Crippen LogP contribution in [0.5, 0.6) is 0 Å². The number of anilines is 2. The Hall–Kier alpha value is -1.75. The maximum absolute atomic E-state index is 5.83. The summed E-state index contributed by atoms with van der Waals surface area (Å²) in [5.41, 5.74) is 7.61. The van der Waals surface area contributed by atoms with Crippen molar-refractivity contribution in [3.63, 3.8) is 0 Å². The summed E-state index contributed by atoms with van der Waals surface area (Å²) in [6.45, 7) is 3.19. The van der Waals surface area contributed by atoms with Crippen molar-refractivity contribution in [1.29, 1.82) is 0 Å². The summed E-state index contributed by atoms with van der Waals surface area (Å²) >= 11 is 0. The van der Waals surface area contributed by atoms with Crippen LogP contribution in [0.2, 0.25) is 0 Å². The van der Waals surface area contributed by atoms with Gasteiger partial charge in [0.25, 0.3) is 0 Å². The van der Waals surface area contributed by atoms with E-state index >= 15 is 0 Å². The first-order chi connectivity index (χ1) is 8.83. The number of nitrogens with two attached hydrogens (primary N) is 1. The topological polar surface area (TPSA) is 67.9 Å². The first-order valence-corrected chi connectivity index (χ1v) is 6.55. The van der Waals surface area contributed by atoms with E-state index in [-0.39, 0.29) is 0 Å². The molecule has 3 heterocycles. The number of hydrogen-bond donors (Lipinski definition) is 3. The standard InChI is InChI=1S/C13H17N5/c14-9-1-2-10-11(5-9)17-18-12-3-4-15-6-8(12)7-16-13(10)18/h1-2,5,8,12,15-16H,3-4,6-7,14H2. The van der Waals surface area contributed by atoms with Gasteiger partial charge in [-0.25, -0.2) is 4.68 Å². The minimum atomic E-state index is 0.524. The van der Waals surface area contributed by atoms with E-state index in [9.17, 15) is 0 Å². The Bertz CT molecular complexity index is 603. The Morgan fingerprint density at radius 3 is 3.22 bits per heavy atom. The third-order valence-corrected chi connectivity index (χ3v) is 4.13. The van der Waals surface area contributed by atoms with E-state index in [1.54, 1.807) is 0 Å². The van der Waals surface area contributed by atoms with Crippen molar-refractivity contribution in [1.82, 2.24) is 15.1 Å². The smallest absolute Gasteiger partial charge is 0.132 e. The molecule has 2 aromatic rings. The second kappa shape index (κ2) is 3.62. The molecule has 2 aliphatic rings. The minimum absolute atomic E-state index is 0.524. The molecular weight excluding hydrogens is 226 g/mol. The van der Waals surface area contributed by atoms with E-state index in [1.807, 2.05) is 12.1 Å². The highest BCUT2D eigenvalue weighted by Crippen LogP contribution is 2.36. The highest BCUT2D eigenvalue weighted by atomic mass is 15.4. The van der Waals surface area contributed by atoms with Crippen molar-refractivity contribution in [3.05, 3.63) is 18.2 Å². The van der Waals surface area contributed by atoms with Crippen LogP contribution in [0.25, 0.3) is 10.9 Å². The van der Waals surface area contributed by atoms with Crippen LogP contribution < -0.4 is 16.4 Å². The van der Waals surface area contributed by atoms with E-state index in [0.717, 1.165) is 43.1 Å². The monoisotopic (exact) mass is 243 g/mol. The van der Waals surface area contributed by atoms with Crippen LogP contribution in [0.1, 0.15) is 12.5 Å². The Labute approximate surface area is 105 Å². The van der Waals surface area contributed by atoms with Crippen LogP contribution in [0.15, 0.2) is 18.2 Å². The summed E-state index contributed by atoms with van der Waals surface area (Å²) in [7, 11) is 0. The molecule has 0 radical (unpaired) electrons. The Morgan fingerprint density at radius 2 is 2.28 bits per heavy atom. The van der Waals surface area contributed by atoms with Gasteiger partial charge in [0.1, 0.15) is 5.82 Å². The van der Waals surface area contributed by atoms with Gasteiger partial charge in [0.05, 0.1) is 11.6 Å². The molecule has 18 heavy (non-hydrogen) atoms. The molecule has 0 aliphatic carbocycles. The normalized spacial score (nSPS) is 26.4. The van der Waals surface area contributed by atoms with Crippen LogP contribution in [-0.2, 0) is 0 Å². The zero-order valence-electron chi connectivity index (χ0n) is 10.2. The number of nitrogens with zero attached hydrogens (tertiary/aromatic N) is 2. The third kappa shape index (κ3) is 1.34. The van der Waals surface area contributed by atoms with E-state index in [2.05, 4.69) is 21.4 Å². The van der Waals surface area contributed by atoms with Crippen molar-refractivity contribution >= 4 is 22.4 Å². The molecule has 1 fully saturated rings. The van der Waals surface area contributed by atoms with Crippen LogP contribution in [-0.4, -0.2) is 29.4 Å². The molecule has 0 saturated carbocycles. The average molecular weight is 243 g/mol. The number of hydrogen-bond acceptors (Lipinski definition) is 4.